The number of aromatic nitrogens is 6. The van der Waals surface area contributed by atoms with Crippen LogP contribution in [0.25, 0.3) is 15.9 Å². The molecule has 4 aromatic rings. The van der Waals surface area contributed by atoms with E-state index in [0.717, 1.165) is 31.6 Å². The largest absolute Gasteiger partial charge is 0.462 e. The van der Waals surface area contributed by atoms with Crippen molar-refractivity contribution in [1.82, 2.24) is 29.4 Å². The molecule has 0 fully saturated rings. The number of thiophene rings is 1. The molecule has 0 saturated heterocycles. The third kappa shape index (κ3) is 2.92. The SMILES string of the molecule is CCOC(=O)c1sc2ncn3nc(Cn4nc(C)c(Br)c4C)nc3c2c1C. The van der Waals surface area contributed by atoms with Crippen LogP contribution in [0.1, 0.15) is 39.4 Å². The van der Waals surface area contributed by atoms with Crippen molar-refractivity contribution in [3.8, 4) is 0 Å². The molecule has 4 aromatic heterocycles. The predicted molar refractivity (Wildman–Crippen MR) is 105 cm³/mol. The number of carbonyl (C=O) groups excluding carboxylic acids is 1. The first-order chi connectivity index (χ1) is 12.9. The number of hydrogen-bond donors (Lipinski definition) is 0. The van der Waals surface area contributed by atoms with Crippen molar-refractivity contribution in [1.29, 1.82) is 0 Å². The van der Waals surface area contributed by atoms with Crippen LogP contribution in [-0.2, 0) is 11.3 Å². The maximum absolute atomic E-state index is 12.2. The average molecular weight is 449 g/mol. The van der Waals surface area contributed by atoms with Crippen molar-refractivity contribution in [2.75, 3.05) is 6.61 Å². The highest BCUT2D eigenvalue weighted by Gasteiger charge is 2.21. The van der Waals surface area contributed by atoms with E-state index in [0.29, 0.717) is 29.5 Å². The third-order valence-electron chi connectivity index (χ3n) is 4.36. The van der Waals surface area contributed by atoms with E-state index < -0.39 is 0 Å². The van der Waals surface area contributed by atoms with Gasteiger partial charge < -0.3 is 4.74 Å². The summed E-state index contributed by atoms with van der Waals surface area (Å²) >= 11 is 4.85. The Kier molecular flexibility index (Phi) is 4.47. The van der Waals surface area contributed by atoms with E-state index in [-0.39, 0.29) is 5.97 Å². The Labute approximate surface area is 167 Å². The molecule has 4 rings (SSSR count). The van der Waals surface area contributed by atoms with Crippen molar-refractivity contribution >= 4 is 49.1 Å². The van der Waals surface area contributed by atoms with Gasteiger partial charge >= 0.3 is 5.97 Å². The van der Waals surface area contributed by atoms with Crippen molar-refractivity contribution < 1.29 is 9.53 Å². The molecule has 0 aromatic carbocycles. The topological polar surface area (TPSA) is 87.2 Å². The maximum atomic E-state index is 12.2. The normalized spacial score (nSPS) is 11.6. The van der Waals surface area contributed by atoms with E-state index in [1.807, 2.05) is 25.5 Å². The lowest BCUT2D eigenvalue weighted by atomic mass is 10.2. The van der Waals surface area contributed by atoms with Crippen LogP contribution in [-0.4, -0.2) is 41.9 Å². The summed E-state index contributed by atoms with van der Waals surface area (Å²) in [7, 11) is 0. The van der Waals surface area contributed by atoms with Crippen LogP contribution in [0.15, 0.2) is 10.8 Å². The minimum atomic E-state index is -0.330. The molecule has 0 spiro atoms. The van der Waals surface area contributed by atoms with Crippen molar-refractivity contribution in [2.45, 2.75) is 34.2 Å². The van der Waals surface area contributed by atoms with E-state index in [1.165, 1.54) is 11.3 Å². The summed E-state index contributed by atoms with van der Waals surface area (Å²) in [6, 6.07) is 0. The van der Waals surface area contributed by atoms with Crippen LogP contribution in [0.2, 0.25) is 0 Å². The van der Waals surface area contributed by atoms with Gasteiger partial charge in [-0.25, -0.2) is 19.3 Å². The second-order valence-electron chi connectivity index (χ2n) is 6.14. The second-order valence-corrected chi connectivity index (χ2v) is 7.93. The summed E-state index contributed by atoms with van der Waals surface area (Å²) in [5.74, 6) is 0.300. The average Bonchev–Trinajstić information content (AvgIpc) is 3.26. The van der Waals surface area contributed by atoms with Gasteiger partial charge in [0.15, 0.2) is 11.5 Å². The Morgan fingerprint density at radius 3 is 2.74 bits per heavy atom. The zero-order valence-electron chi connectivity index (χ0n) is 15.3. The van der Waals surface area contributed by atoms with Gasteiger partial charge in [-0.3, -0.25) is 4.68 Å². The molecule has 10 heteroatoms. The number of halogens is 1. The fraction of sp³-hybridized carbons (Fsp3) is 0.353. The van der Waals surface area contributed by atoms with Crippen LogP contribution >= 0.6 is 27.3 Å². The molecule has 0 amide bonds. The lowest BCUT2D eigenvalue weighted by Gasteiger charge is -1.99. The van der Waals surface area contributed by atoms with E-state index in [9.17, 15) is 4.79 Å². The predicted octanol–water partition coefficient (Wildman–Crippen LogP) is 3.45. The zero-order valence-corrected chi connectivity index (χ0v) is 17.7. The standard InChI is InChI=1S/C17H17BrN6O2S/c1-5-26-17(25)14-8(2)12-15-20-11(22-24(15)7-19-16(12)27-14)6-23-10(4)13(18)9(3)21-23/h7H,5-6H2,1-4H3. The summed E-state index contributed by atoms with van der Waals surface area (Å²) in [6.45, 7) is 8.41. The van der Waals surface area contributed by atoms with Gasteiger partial charge in [-0.15, -0.1) is 16.4 Å². The number of rotatable bonds is 4. The number of carbonyl (C=O) groups is 1. The molecule has 4 heterocycles. The zero-order chi connectivity index (χ0) is 19.3. The first-order valence-corrected chi connectivity index (χ1v) is 10.0. The lowest BCUT2D eigenvalue weighted by molar-refractivity contribution is 0.0531. The highest BCUT2D eigenvalue weighted by molar-refractivity contribution is 9.10. The lowest BCUT2D eigenvalue weighted by Crippen LogP contribution is -2.05. The third-order valence-corrected chi connectivity index (χ3v) is 6.68. The van der Waals surface area contributed by atoms with Gasteiger partial charge in [-0.1, -0.05) is 0 Å². The van der Waals surface area contributed by atoms with Crippen LogP contribution in [0.3, 0.4) is 0 Å². The monoisotopic (exact) mass is 448 g/mol. The Bertz CT molecular complexity index is 1190. The fourth-order valence-corrected chi connectivity index (χ4v) is 4.32. The van der Waals surface area contributed by atoms with E-state index >= 15 is 0 Å². The van der Waals surface area contributed by atoms with E-state index in [1.54, 1.807) is 17.8 Å². The molecule has 0 N–H and O–H groups in total. The minimum Gasteiger partial charge on any atom is -0.462 e. The Balaban J connectivity index is 1.81. The van der Waals surface area contributed by atoms with Gasteiger partial charge in [0.25, 0.3) is 0 Å². The molecule has 0 bridgehead atoms. The number of hydrogen-bond acceptors (Lipinski definition) is 7. The quantitative estimate of drug-likeness (QED) is 0.444. The Hall–Kier alpha value is -2.33. The highest BCUT2D eigenvalue weighted by Crippen LogP contribution is 2.32. The molecule has 0 aliphatic heterocycles. The van der Waals surface area contributed by atoms with Crippen molar-refractivity contribution in [3.63, 3.8) is 0 Å². The molecule has 0 radical (unpaired) electrons. The van der Waals surface area contributed by atoms with E-state index in [4.69, 9.17) is 4.74 Å². The summed E-state index contributed by atoms with van der Waals surface area (Å²) in [6.07, 6.45) is 1.62. The molecule has 27 heavy (non-hydrogen) atoms. The first-order valence-electron chi connectivity index (χ1n) is 8.40. The van der Waals surface area contributed by atoms with Crippen LogP contribution in [0.5, 0.6) is 0 Å². The number of aryl methyl sites for hydroxylation is 2. The van der Waals surface area contributed by atoms with Gasteiger partial charge in [0.1, 0.15) is 22.6 Å². The van der Waals surface area contributed by atoms with Gasteiger partial charge in [-0.05, 0) is 49.2 Å². The summed E-state index contributed by atoms with van der Waals surface area (Å²) in [4.78, 5) is 22.6. The summed E-state index contributed by atoms with van der Waals surface area (Å²) in [5, 5.41) is 9.87. The molecule has 0 saturated carbocycles. The first kappa shape index (κ1) is 18.1. The smallest absolute Gasteiger partial charge is 0.348 e. The van der Waals surface area contributed by atoms with E-state index in [2.05, 4.69) is 36.1 Å². The fourth-order valence-electron chi connectivity index (χ4n) is 3.00. The summed E-state index contributed by atoms with van der Waals surface area (Å²) in [5.41, 5.74) is 3.44. The second kappa shape index (κ2) is 6.68. The van der Waals surface area contributed by atoms with Crippen molar-refractivity contribution in [3.05, 3.63) is 38.5 Å². The maximum Gasteiger partial charge on any atom is 0.348 e. The van der Waals surface area contributed by atoms with Gasteiger partial charge in [0.2, 0.25) is 0 Å². The van der Waals surface area contributed by atoms with Crippen molar-refractivity contribution in [2.24, 2.45) is 0 Å². The Morgan fingerprint density at radius 2 is 2.07 bits per heavy atom. The molecule has 0 aliphatic rings. The van der Waals surface area contributed by atoms with Gasteiger partial charge in [-0.2, -0.15) is 5.10 Å². The number of esters is 1. The van der Waals surface area contributed by atoms with Crippen LogP contribution in [0, 0.1) is 20.8 Å². The van der Waals surface area contributed by atoms with Gasteiger partial charge in [0, 0.05) is 0 Å². The minimum absolute atomic E-state index is 0.330. The molecular formula is C17H17BrN6O2S. The molecule has 140 valence electrons. The number of ether oxygens (including phenoxy) is 1. The highest BCUT2D eigenvalue weighted by atomic mass is 79.9. The molecule has 0 aliphatic carbocycles. The van der Waals surface area contributed by atoms with Crippen LogP contribution in [0.4, 0.5) is 0 Å². The molecule has 8 nitrogen and oxygen atoms in total. The number of fused-ring (bicyclic) bond motifs is 3. The molecule has 0 atom stereocenters. The molecular weight excluding hydrogens is 432 g/mol. The Morgan fingerprint density at radius 1 is 1.30 bits per heavy atom. The molecule has 0 unspecified atom stereocenters. The van der Waals surface area contributed by atoms with Gasteiger partial charge in [0.05, 0.1) is 27.9 Å². The number of nitrogens with zero attached hydrogens (tertiary/aromatic N) is 6. The van der Waals surface area contributed by atoms with Crippen LogP contribution < -0.4 is 0 Å². The summed E-state index contributed by atoms with van der Waals surface area (Å²) < 4.78 is 9.65.